The number of nitrogens with zero attached hydrogens (tertiary/aromatic N) is 2. The lowest BCUT2D eigenvalue weighted by molar-refractivity contribution is 0.214. The van der Waals surface area contributed by atoms with Crippen molar-refractivity contribution in [1.29, 1.82) is 0 Å². The lowest BCUT2D eigenvalue weighted by atomic mass is 10.1. The molecule has 2 aromatic carbocycles. The van der Waals surface area contributed by atoms with Crippen molar-refractivity contribution in [3.05, 3.63) is 59.0 Å². The first-order valence-corrected chi connectivity index (χ1v) is 7.08. The Morgan fingerprint density at radius 2 is 1.50 bits per heavy atom. The van der Waals surface area contributed by atoms with E-state index in [1.807, 2.05) is 24.3 Å². The Morgan fingerprint density at radius 1 is 0.909 bits per heavy atom. The van der Waals surface area contributed by atoms with Gasteiger partial charge in [-0.25, -0.2) is 0 Å². The van der Waals surface area contributed by atoms with Crippen LogP contribution in [-0.4, -0.2) is 24.7 Å². The molecule has 0 radical (unpaired) electrons. The molecule has 0 saturated heterocycles. The summed E-state index contributed by atoms with van der Waals surface area (Å²) in [5, 5.41) is 4.48. The highest BCUT2D eigenvalue weighted by Crippen LogP contribution is 2.13. The van der Waals surface area contributed by atoms with E-state index >= 15 is 0 Å². The molecule has 0 aromatic heterocycles. The first kappa shape index (κ1) is 15.6. The molecule has 4 N–H and O–H groups in total. The van der Waals surface area contributed by atoms with E-state index in [0.717, 1.165) is 23.4 Å². The molecule has 0 atom stereocenters. The van der Waals surface area contributed by atoms with Crippen LogP contribution in [0.5, 0.6) is 5.75 Å². The Balaban J connectivity index is 1.73. The number of hydrogen-bond donors (Lipinski definition) is 2. The molecule has 0 aliphatic heterocycles. The summed E-state index contributed by atoms with van der Waals surface area (Å²) in [4.78, 5) is 10.9. The van der Waals surface area contributed by atoms with Gasteiger partial charge < -0.3 is 16.2 Å². The van der Waals surface area contributed by atoms with Gasteiger partial charge in [-0.2, -0.15) is 0 Å². The van der Waals surface area contributed by atoms with Crippen molar-refractivity contribution in [2.75, 3.05) is 31.2 Å². The molecule has 2 aromatic rings. The van der Waals surface area contributed by atoms with E-state index in [1.165, 1.54) is 5.01 Å². The summed E-state index contributed by atoms with van der Waals surface area (Å²) in [7, 11) is 0. The molecule has 0 unspecified atom stereocenters. The Bertz CT molecular complexity index is 584. The molecule has 0 spiro atoms. The van der Waals surface area contributed by atoms with Crippen molar-refractivity contribution in [2.24, 2.45) is 5.29 Å². The summed E-state index contributed by atoms with van der Waals surface area (Å²) in [5.41, 5.74) is 13.8. The monoisotopic (exact) mass is 300 g/mol. The average molecular weight is 300 g/mol. The van der Waals surface area contributed by atoms with Gasteiger partial charge in [-0.15, -0.1) is 4.91 Å². The number of hydrogen-bond acceptors (Lipinski definition) is 5. The lowest BCUT2D eigenvalue weighted by Crippen LogP contribution is -2.25. The fourth-order valence-electron chi connectivity index (χ4n) is 1.97. The van der Waals surface area contributed by atoms with Crippen LogP contribution < -0.4 is 16.2 Å². The maximum atomic E-state index is 10.9. The van der Waals surface area contributed by atoms with Gasteiger partial charge in [-0.1, -0.05) is 12.1 Å². The van der Waals surface area contributed by atoms with E-state index in [2.05, 4.69) is 5.29 Å². The van der Waals surface area contributed by atoms with Gasteiger partial charge in [0.15, 0.2) is 0 Å². The van der Waals surface area contributed by atoms with Crippen LogP contribution in [0.15, 0.2) is 53.8 Å². The molecule has 0 amide bonds. The van der Waals surface area contributed by atoms with E-state index in [0.29, 0.717) is 25.4 Å². The highest BCUT2D eigenvalue weighted by Gasteiger charge is 2.04. The van der Waals surface area contributed by atoms with Crippen molar-refractivity contribution in [3.8, 4) is 5.75 Å². The second-order valence-corrected chi connectivity index (χ2v) is 4.94. The van der Waals surface area contributed by atoms with Crippen LogP contribution in [0.3, 0.4) is 0 Å². The molecule has 6 heteroatoms. The van der Waals surface area contributed by atoms with Gasteiger partial charge in [0.05, 0.1) is 11.8 Å². The zero-order chi connectivity index (χ0) is 15.8. The maximum Gasteiger partial charge on any atom is 0.119 e. The highest BCUT2D eigenvalue weighted by atomic mass is 16.5. The summed E-state index contributed by atoms with van der Waals surface area (Å²) in [5.74, 6) is 0.721. The van der Waals surface area contributed by atoms with Crippen LogP contribution >= 0.6 is 0 Å². The molecular formula is C16H20N4O2. The zero-order valence-corrected chi connectivity index (χ0v) is 12.3. The van der Waals surface area contributed by atoms with Crippen LogP contribution in [0, 0.1) is 4.91 Å². The van der Waals surface area contributed by atoms with Gasteiger partial charge in [0.2, 0.25) is 0 Å². The molecule has 0 fully saturated rings. The summed E-state index contributed by atoms with van der Waals surface area (Å²) in [6.45, 7) is 1.36. The minimum absolute atomic E-state index is 0.386. The van der Waals surface area contributed by atoms with Crippen LogP contribution in [-0.2, 0) is 6.42 Å². The molecule has 0 bridgehead atoms. The number of anilines is 2. The summed E-state index contributed by atoms with van der Waals surface area (Å²) in [6.07, 6.45) is 0.730. The second kappa shape index (κ2) is 7.87. The molecule has 0 aliphatic rings. The first-order valence-electron chi connectivity index (χ1n) is 7.08. The van der Waals surface area contributed by atoms with E-state index in [4.69, 9.17) is 16.2 Å². The highest BCUT2D eigenvalue weighted by molar-refractivity contribution is 5.41. The van der Waals surface area contributed by atoms with Crippen molar-refractivity contribution in [2.45, 2.75) is 6.42 Å². The number of benzene rings is 2. The molecule has 116 valence electrons. The Hall–Kier alpha value is -2.76. The standard InChI is InChI=1S/C16H20N4O2/c17-14-3-1-13(2-4-14)9-10-20(19-21)11-12-22-16-7-5-15(18)6-8-16/h1-8H,9-12,17-18H2. The second-order valence-electron chi connectivity index (χ2n) is 4.94. The number of nitrogens with two attached hydrogens (primary N) is 2. The smallest absolute Gasteiger partial charge is 0.119 e. The molecule has 0 aliphatic carbocycles. The van der Waals surface area contributed by atoms with E-state index in [-0.39, 0.29) is 0 Å². The number of nitroso groups, excluding NO2 is 1. The third-order valence-electron chi connectivity index (χ3n) is 3.25. The summed E-state index contributed by atoms with van der Waals surface area (Å²) < 4.78 is 5.55. The lowest BCUT2D eigenvalue weighted by Gasteiger charge is -2.15. The summed E-state index contributed by atoms with van der Waals surface area (Å²) >= 11 is 0. The summed E-state index contributed by atoms with van der Waals surface area (Å²) in [6, 6.07) is 14.7. The van der Waals surface area contributed by atoms with Crippen molar-refractivity contribution >= 4 is 11.4 Å². The topological polar surface area (TPSA) is 93.9 Å². The van der Waals surface area contributed by atoms with Crippen LogP contribution in [0.25, 0.3) is 0 Å². The largest absolute Gasteiger partial charge is 0.492 e. The predicted molar refractivity (Wildman–Crippen MR) is 88.3 cm³/mol. The minimum Gasteiger partial charge on any atom is -0.492 e. The Morgan fingerprint density at radius 3 is 2.09 bits per heavy atom. The van der Waals surface area contributed by atoms with Crippen molar-refractivity contribution in [1.82, 2.24) is 5.01 Å². The van der Waals surface area contributed by atoms with Gasteiger partial charge in [-0.3, -0.25) is 5.01 Å². The van der Waals surface area contributed by atoms with Gasteiger partial charge >= 0.3 is 0 Å². The average Bonchev–Trinajstić information content (AvgIpc) is 2.54. The van der Waals surface area contributed by atoms with Crippen LogP contribution in [0.4, 0.5) is 11.4 Å². The van der Waals surface area contributed by atoms with Gasteiger partial charge in [-0.05, 0) is 48.4 Å². The van der Waals surface area contributed by atoms with Gasteiger partial charge in [0, 0.05) is 17.9 Å². The minimum atomic E-state index is 0.386. The fraction of sp³-hybridized carbons (Fsp3) is 0.250. The first-order chi connectivity index (χ1) is 10.7. The van der Waals surface area contributed by atoms with E-state index < -0.39 is 0 Å². The maximum absolute atomic E-state index is 10.9. The quantitative estimate of drug-likeness (QED) is 0.443. The van der Waals surface area contributed by atoms with Gasteiger partial charge in [0.1, 0.15) is 12.4 Å². The molecular weight excluding hydrogens is 280 g/mol. The number of ether oxygens (including phenoxy) is 1. The van der Waals surface area contributed by atoms with Crippen LogP contribution in [0.2, 0.25) is 0 Å². The van der Waals surface area contributed by atoms with Crippen LogP contribution in [0.1, 0.15) is 5.56 Å². The zero-order valence-electron chi connectivity index (χ0n) is 12.3. The Kier molecular flexibility index (Phi) is 5.59. The van der Waals surface area contributed by atoms with E-state index in [1.54, 1.807) is 24.3 Å². The predicted octanol–water partition coefficient (Wildman–Crippen LogP) is 2.46. The Labute approximate surface area is 129 Å². The normalized spacial score (nSPS) is 10.2. The molecule has 0 saturated carbocycles. The number of nitrogen functional groups attached to an aromatic ring is 2. The third-order valence-corrected chi connectivity index (χ3v) is 3.25. The fourth-order valence-corrected chi connectivity index (χ4v) is 1.97. The number of rotatable bonds is 8. The molecule has 0 heterocycles. The SMILES string of the molecule is Nc1ccc(CCN(CCOc2ccc(N)cc2)N=O)cc1. The van der Waals surface area contributed by atoms with Crippen molar-refractivity contribution in [3.63, 3.8) is 0 Å². The third kappa shape index (κ3) is 4.97. The van der Waals surface area contributed by atoms with Gasteiger partial charge in [0.25, 0.3) is 0 Å². The van der Waals surface area contributed by atoms with E-state index in [9.17, 15) is 4.91 Å². The molecule has 6 nitrogen and oxygen atoms in total. The molecule has 22 heavy (non-hydrogen) atoms. The van der Waals surface area contributed by atoms with Crippen molar-refractivity contribution < 1.29 is 4.74 Å². The molecule has 2 rings (SSSR count).